The molecule has 0 aliphatic rings. The predicted octanol–water partition coefficient (Wildman–Crippen LogP) is 2.94. The van der Waals surface area contributed by atoms with Crippen molar-refractivity contribution in [2.45, 2.75) is 58.8 Å². The minimum Gasteiger partial charge on any atom is -0.490 e. The van der Waals surface area contributed by atoms with E-state index in [-0.39, 0.29) is 13.0 Å². The van der Waals surface area contributed by atoms with Crippen molar-refractivity contribution in [3.05, 3.63) is 39.8 Å². The number of amides is 1. The Balaban J connectivity index is 1.80. The number of nitrogens with zero attached hydrogens (tertiary/aromatic N) is 3. The average molecular weight is 503 g/mol. The standard InChI is InChI=1S/C25H34N4O5S/c1-6-15-10-20(35-21(15)12-29(4)5)25-27-24(28-34-25)17-8-14(3)22(16(7-2)9-17)33-13-18(30)11-19(31)23(26)32/h8-10,18-19,30-31H,6-7,11-13H2,1-5H3,(H2,26,32)/t18-,19?/m0/s1. The van der Waals surface area contributed by atoms with Crippen molar-refractivity contribution in [3.63, 3.8) is 0 Å². The van der Waals surface area contributed by atoms with Crippen LogP contribution in [-0.4, -0.2) is 64.1 Å². The van der Waals surface area contributed by atoms with Gasteiger partial charge in [-0.15, -0.1) is 11.3 Å². The van der Waals surface area contributed by atoms with E-state index in [0.29, 0.717) is 23.9 Å². The molecule has 0 saturated carbocycles. The van der Waals surface area contributed by atoms with Gasteiger partial charge in [-0.3, -0.25) is 4.79 Å². The van der Waals surface area contributed by atoms with Crippen molar-refractivity contribution in [3.8, 4) is 27.9 Å². The molecule has 9 nitrogen and oxygen atoms in total. The molecule has 0 aliphatic heterocycles. The van der Waals surface area contributed by atoms with Crippen molar-refractivity contribution >= 4 is 17.2 Å². The highest BCUT2D eigenvalue weighted by Crippen LogP contribution is 2.34. The fourth-order valence-corrected chi connectivity index (χ4v) is 5.09. The molecule has 0 aliphatic carbocycles. The number of hydrogen-bond acceptors (Lipinski definition) is 9. The quantitative estimate of drug-likeness (QED) is 0.344. The molecule has 10 heteroatoms. The van der Waals surface area contributed by atoms with Crippen molar-refractivity contribution in [2.75, 3.05) is 20.7 Å². The summed E-state index contributed by atoms with van der Waals surface area (Å²) in [5.41, 5.74) is 8.92. The number of aryl methyl sites for hydroxylation is 3. The van der Waals surface area contributed by atoms with Gasteiger partial charge in [0.15, 0.2) is 0 Å². The van der Waals surface area contributed by atoms with Gasteiger partial charge in [-0.1, -0.05) is 19.0 Å². The predicted molar refractivity (Wildman–Crippen MR) is 135 cm³/mol. The number of thiophene rings is 1. The number of nitrogens with two attached hydrogens (primary N) is 1. The first-order valence-corrected chi connectivity index (χ1v) is 12.5. The number of ether oxygens (including phenoxy) is 1. The number of carbonyl (C=O) groups is 1. The van der Waals surface area contributed by atoms with Crippen LogP contribution in [0.4, 0.5) is 0 Å². The van der Waals surface area contributed by atoms with Gasteiger partial charge in [-0.2, -0.15) is 4.98 Å². The van der Waals surface area contributed by atoms with Crippen LogP contribution in [-0.2, 0) is 24.2 Å². The second-order valence-corrected chi connectivity index (χ2v) is 9.96. The van der Waals surface area contributed by atoms with E-state index in [4.69, 9.17) is 15.0 Å². The molecule has 1 aromatic carbocycles. The Morgan fingerprint density at radius 3 is 2.54 bits per heavy atom. The molecule has 0 spiro atoms. The average Bonchev–Trinajstić information content (AvgIpc) is 3.44. The summed E-state index contributed by atoms with van der Waals surface area (Å²) in [5.74, 6) is 0.763. The Kier molecular flexibility index (Phi) is 9.01. The van der Waals surface area contributed by atoms with Gasteiger partial charge in [0, 0.05) is 23.4 Å². The molecular formula is C25H34N4O5S. The molecule has 3 rings (SSSR count). The van der Waals surface area contributed by atoms with Gasteiger partial charge < -0.3 is 30.1 Å². The van der Waals surface area contributed by atoms with E-state index in [1.165, 1.54) is 10.4 Å². The molecule has 35 heavy (non-hydrogen) atoms. The van der Waals surface area contributed by atoms with Crippen LogP contribution in [0.15, 0.2) is 22.7 Å². The Morgan fingerprint density at radius 2 is 1.91 bits per heavy atom. The van der Waals surface area contributed by atoms with E-state index in [0.717, 1.165) is 34.5 Å². The Labute approximate surface area is 209 Å². The number of hydrogen-bond donors (Lipinski definition) is 3. The molecule has 0 fully saturated rings. The summed E-state index contributed by atoms with van der Waals surface area (Å²) in [5, 5.41) is 23.9. The highest BCUT2D eigenvalue weighted by atomic mass is 32.1. The van der Waals surface area contributed by atoms with Crippen LogP contribution >= 0.6 is 11.3 Å². The van der Waals surface area contributed by atoms with Crippen molar-refractivity contribution < 1.29 is 24.3 Å². The molecular weight excluding hydrogens is 468 g/mol. The van der Waals surface area contributed by atoms with Gasteiger partial charge in [0.25, 0.3) is 5.89 Å². The first-order chi connectivity index (χ1) is 16.6. The molecule has 2 aromatic heterocycles. The van der Waals surface area contributed by atoms with Crippen LogP contribution in [0.3, 0.4) is 0 Å². The number of aliphatic hydroxyl groups excluding tert-OH is 2. The number of aliphatic hydroxyl groups is 2. The zero-order chi connectivity index (χ0) is 25.7. The summed E-state index contributed by atoms with van der Waals surface area (Å²) in [7, 11) is 4.10. The lowest BCUT2D eigenvalue weighted by molar-refractivity contribution is -0.127. The second kappa shape index (κ2) is 11.8. The van der Waals surface area contributed by atoms with Crippen LogP contribution in [0.5, 0.6) is 5.75 Å². The molecule has 2 atom stereocenters. The third-order valence-corrected chi connectivity index (χ3v) is 6.76. The molecule has 1 unspecified atom stereocenters. The van der Waals surface area contributed by atoms with E-state index in [1.807, 2.05) is 26.0 Å². The molecule has 1 amide bonds. The molecule has 2 heterocycles. The van der Waals surface area contributed by atoms with Crippen LogP contribution in [0.2, 0.25) is 0 Å². The van der Waals surface area contributed by atoms with Gasteiger partial charge in [0.2, 0.25) is 11.7 Å². The summed E-state index contributed by atoms with van der Waals surface area (Å²) in [4.78, 5) is 20.1. The highest BCUT2D eigenvalue weighted by molar-refractivity contribution is 7.15. The maximum atomic E-state index is 11.0. The largest absolute Gasteiger partial charge is 0.490 e. The highest BCUT2D eigenvalue weighted by Gasteiger charge is 2.20. The van der Waals surface area contributed by atoms with E-state index < -0.39 is 18.1 Å². The zero-order valence-electron chi connectivity index (χ0n) is 20.9. The van der Waals surface area contributed by atoms with Crippen molar-refractivity contribution in [1.82, 2.24) is 15.0 Å². The maximum absolute atomic E-state index is 11.0. The smallest absolute Gasteiger partial charge is 0.268 e. The maximum Gasteiger partial charge on any atom is 0.268 e. The lowest BCUT2D eigenvalue weighted by Crippen LogP contribution is -2.33. The molecule has 190 valence electrons. The van der Waals surface area contributed by atoms with Gasteiger partial charge in [0.05, 0.1) is 11.0 Å². The van der Waals surface area contributed by atoms with Crippen LogP contribution in [0, 0.1) is 6.92 Å². The first-order valence-electron chi connectivity index (χ1n) is 11.6. The molecule has 3 aromatic rings. The van der Waals surface area contributed by atoms with Gasteiger partial charge in [-0.25, -0.2) is 0 Å². The summed E-state index contributed by atoms with van der Waals surface area (Å²) < 4.78 is 11.5. The van der Waals surface area contributed by atoms with Crippen LogP contribution in [0.1, 0.15) is 41.8 Å². The van der Waals surface area contributed by atoms with Gasteiger partial charge in [-0.05, 0) is 68.8 Å². The zero-order valence-corrected chi connectivity index (χ0v) is 21.7. The van der Waals surface area contributed by atoms with E-state index in [2.05, 4.69) is 42.1 Å². The Morgan fingerprint density at radius 1 is 1.20 bits per heavy atom. The number of rotatable bonds is 12. The van der Waals surface area contributed by atoms with Crippen LogP contribution < -0.4 is 10.5 Å². The SMILES string of the molecule is CCc1cc(-c2nc(-c3cc(C)c(OC[C@@H](O)CC(O)C(N)=O)c(CC)c3)no2)sc1CN(C)C. The normalized spacial score (nSPS) is 13.3. The van der Waals surface area contributed by atoms with Gasteiger partial charge in [0.1, 0.15) is 18.5 Å². The number of carbonyl (C=O) groups excluding carboxylic acids is 1. The molecule has 0 bridgehead atoms. The third-order valence-electron chi connectivity index (χ3n) is 5.61. The van der Waals surface area contributed by atoms with Crippen LogP contribution in [0.25, 0.3) is 22.2 Å². The fraction of sp³-hybridized carbons (Fsp3) is 0.480. The topological polar surface area (TPSA) is 135 Å². The first kappa shape index (κ1) is 26.8. The Hall–Kier alpha value is -2.79. The lowest BCUT2D eigenvalue weighted by atomic mass is 10.0. The number of primary amides is 1. The summed E-state index contributed by atoms with van der Waals surface area (Å²) in [6.45, 7) is 6.85. The lowest BCUT2D eigenvalue weighted by Gasteiger charge is -2.18. The second-order valence-electron chi connectivity index (χ2n) is 8.83. The molecule has 0 saturated heterocycles. The third kappa shape index (κ3) is 6.66. The van der Waals surface area contributed by atoms with E-state index in [1.54, 1.807) is 11.3 Å². The Bertz CT molecular complexity index is 1160. The van der Waals surface area contributed by atoms with Gasteiger partial charge >= 0.3 is 0 Å². The van der Waals surface area contributed by atoms with Crippen molar-refractivity contribution in [2.24, 2.45) is 5.73 Å². The summed E-state index contributed by atoms with van der Waals surface area (Å²) >= 11 is 1.67. The number of benzene rings is 1. The number of aromatic nitrogens is 2. The van der Waals surface area contributed by atoms with E-state index >= 15 is 0 Å². The minimum absolute atomic E-state index is 0.0721. The molecule has 0 radical (unpaired) electrons. The molecule has 4 N–H and O–H groups in total. The fourth-order valence-electron chi connectivity index (χ4n) is 3.80. The minimum atomic E-state index is -1.41. The van der Waals surface area contributed by atoms with E-state index in [9.17, 15) is 15.0 Å². The summed E-state index contributed by atoms with van der Waals surface area (Å²) in [6, 6.07) is 5.99. The van der Waals surface area contributed by atoms with Crippen molar-refractivity contribution in [1.29, 1.82) is 0 Å². The monoisotopic (exact) mass is 502 g/mol. The summed E-state index contributed by atoms with van der Waals surface area (Å²) in [6.07, 6.45) is -0.994.